The van der Waals surface area contributed by atoms with Gasteiger partial charge in [-0.3, -0.25) is 9.59 Å². The van der Waals surface area contributed by atoms with Crippen LogP contribution in [0.25, 0.3) is 0 Å². The van der Waals surface area contributed by atoms with Crippen LogP contribution in [0.1, 0.15) is 60.5 Å². The van der Waals surface area contributed by atoms with E-state index in [4.69, 9.17) is 0 Å². The van der Waals surface area contributed by atoms with E-state index < -0.39 is 0 Å². The maximum atomic E-state index is 13.8. The first-order chi connectivity index (χ1) is 15.5. The molecule has 4 nitrogen and oxygen atoms in total. The highest BCUT2D eigenvalue weighted by Crippen LogP contribution is 2.37. The Bertz CT molecular complexity index is 978. The Morgan fingerprint density at radius 3 is 2.72 bits per heavy atom. The molecule has 32 heavy (non-hydrogen) atoms. The highest BCUT2D eigenvalue weighted by Gasteiger charge is 2.25. The molecule has 1 aliphatic carbocycles. The van der Waals surface area contributed by atoms with E-state index in [1.807, 2.05) is 30.1 Å². The summed E-state index contributed by atoms with van der Waals surface area (Å²) >= 11 is 3.10. The number of hydrogen-bond acceptors (Lipinski definition) is 4. The molecular weight excluding hydrogens is 443 g/mol. The van der Waals surface area contributed by atoms with Crippen molar-refractivity contribution in [3.05, 3.63) is 59.4 Å². The number of thioether (sulfide) groups is 2. The van der Waals surface area contributed by atoms with E-state index in [1.165, 1.54) is 43.2 Å². The zero-order valence-electron chi connectivity index (χ0n) is 18.3. The predicted octanol–water partition coefficient (Wildman–Crippen LogP) is 5.68. The molecule has 2 amide bonds. The first-order valence-electron chi connectivity index (χ1n) is 11.2. The average Bonchev–Trinajstić information content (AvgIpc) is 2.83. The molecule has 7 heteroatoms. The van der Waals surface area contributed by atoms with Crippen LogP contribution in [0.4, 0.5) is 4.39 Å². The number of nitrogens with zero attached hydrogens (tertiary/aromatic N) is 1. The zero-order valence-corrected chi connectivity index (χ0v) is 19.9. The van der Waals surface area contributed by atoms with Crippen LogP contribution in [-0.4, -0.2) is 41.3 Å². The third-order valence-corrected chi connectivity index (χ3v) is 8.50. The van der Waals surface area contributed by atoms with Crippen LogP contribution in [0, 0.1) is 5.82 Å². The van der Waals surface area contributed by atoms with Gasteiger partial charge >= 0.3 is 0 Å². The van der Waals surface area contributed by atoms with Crippen molar-refractivity contribution in [2.45, 2.75) is 60.4 Å². The molecule has 0 spiro atoms. The van der Waals surface area contributed by atoms with Gasteiger partial charge < -0.3 is 10.2 Å². The minimum Gasteiger partial charge on any atom is -0.345 e. The topological polar surface area (TPSA) is 49.4 Å². The van der Waals surface area contributed by atoms with Crippen molar-refractivity contribution in [2.75, 3.05) is 18.6 Å². The third-order valence-electron chi connectivity index (χ3n) is 6.32. The van der Waals surface area contributed by atoms with Crippen molar-refractivity contribution in [3.8, 4) is 0 Å². The van der Waals surface area contributed by atoms with Gasteiger partial charge in [-0.15, -0.1) is 23.5 Å². The molecule has 1 heterocycles. The number of fused-ring (bicyclic) bond motifs is 1. The van der Waals surface area contributed by atoms with Crippen LogP contribution in [-0.2, 0) is 4.79 Å². The summed E-state index contributed by atoms with van der Waals surface area (Å²) in [5, 5.41) is 3.09. The first-order valence-corrected chi connectivity index (χ1v) is 13.2. The molecule has 2 aliphatic rings. The number of carbonyl (C=O) groups is 2. The molecule has 4 rings (SSSR count). The van der Waals surface area contributed by atoms with Gasteiger partial charge in [0.2, 0.25) is 5.91 Å². The van der Waals surface area contributed by atoms with E-state index in [0.717, 1.165) is 40.4 Å². The SMILES string of the molecule is CN(C(=O)CSc1ccccc1C(=O)NC1CCSc2ccc(F)cc21)C1CCCCC1. The smallest absolute Gasteiger partial charge is 0.252 e. The van der Waals surface area contributed by atoms with Crippen LogP contribution in [0.3, 0.4) is 0 Å². The van der Waals surface area contributed by atoms with E-state index in [9.17, 15) is 14.0 Å². The van der Waals surface area contributed by atoms with Gasteiger partial charge in [-0.2, -0.15) is 0 Å². The maximum absolute atomic E-state index is 13.8. The lowest BCUT2D eigenvalue weighted by atomic mass is 9.94. The van der Waals surface area contributed by atoms with Crippen molar-refractivity contribution in [1.82, 2.24) is 10.2 Å². The molecule has 1 atom stereocenters. The largest absolute Gasteiger partial charge is 0.345 e. The third kappa shape index (κ3) is 5.49. The van der Waals surface area contributed by atoms with Crippen LogP contribution < -0.4 is 5.32 Å². The van der Waals surface area contributed by atoms with Gasteiger partial charge in [0.05, 0.1) is 17.4 Å². The fourth-order valence-corrected chi connectivity index (χ4v) is 6.52. The van der Waals surface area contributed by atoms with E-state index in [2.05, 4.69) is 5.32 Å². The molecule has 0 bridgehead atoms. The van der Waals surface area contributed by atoms with Crippen LogP contribution in [0.5, 0.6) is 0 Å². The van der Waals surface area contributed by atoms with Crippen LogP contribution in [0.2, 0.25) is 0 Å². The quantitative estimate of drug-likeness (QED) is 0.550. The highest BCUT2D eigenvalue weighted by molar-refractivity contribution is 8.00. The molecule has 1 N–H and O–H groups in total. The molecule has 2 aromatic carbocycles. The zero-order chi connectivity index (χ0) is 22.5. The standard InChI is InChI=1S/C25H29FN2O2S2/c1-28(18-7-3-2-4-8-18)24(29)16-32-22-10-6-5-9-19(22)25(30)27-21-13-14-31-23-12-11-17(26)15-20(21)23/h5-6,9-12,15,18,21H,2-4,7-8,13-14,16H2,1H3,(H,27,30). The lowest BCUT2D eigenvalue weighted by molar-refractivity contribution is -0.129. The molecule has 0 aromatic heterocycles. The Morgan fingerprint density at radius 2 is 1.91 bits per heavy atom. The first kappa shape index (κ1) is 23.2. The fourth-order valence-electron chi connectivity index (χ4n) is 4.44. The molecule has 1 aliphatic heterocycles. The summed E-state index contributed by atoms with van der Waals surface area (Å²) in [5.74, 6) is 0.814. The molecule has 0 saturated heterocycles. The summed E-state index contributed by atoms with van der Waals surface area (Å²) in [5.41, 5.74) is 1.39. The van der Waals surface area contributed by atoms with Gasteiger partial charge in [0.1, 0.15) is 5.82 Å². The van der Waals surface area contributed by atoms with Gasteiger partial charge in [0.15, 0.2) is 0 Å². The fraction of sp³-hybridized carbons (Fsp3) is 0.440. The number of hydrogen-bond donors (Lipinski definition) is 1. The summed E-state index contributed by atoms with van der Waals surface area (Å²) in [6.45, 7) is 0. The lowest BCUT2D eigenvalue weighted by Gasteiger charge is -2.31. The Morgan fingerprint density at radius 1 is 1.12 bits per heavy atom. The minimum atomic E-state index is -0.290. The Hall–Kier alpha value is -1.99. The number of halogens is 1. The maximum Gasteiger partial charge on any atom is 0.252 e. The van der Waals surface area contributed by atoms with Gasteiger partial charge in [0, 0.05) is 28.6 Å². The summed E-state index contributed by atoms with van der Waals surface area (Å²) in [6.07, 6.45) is 6.54. The van der Waals surface area contributed by atoms with Crippen molar-refractivity contribution in [1.29, 1.82) is 0 Å². The summed E-state index contributed by atoms with van der Waals surface area (Å²) in [4.78, 5) is 29.6. The van der Waals surface area contributed by atoms with E-state index >= 15 is 0 Å². The van der Waals surface area contributed by atoms with Crippen molar-refractivity contribution in [2.24, 2.45) is 0 Å². The molecule has 0 radical (unpaired) electrons. The summed E-state index contributed by atoms with van der Waals surface area (Å²) in [7, 11) is 1.90. The van der Waals surface area contributed by atoms with Crippen molar-refractivity contribution < 1.29 is 14.0 Å². The monoisotopic (exact) mass is 472 g/mol. The van der Waals surface area contributed by atoms with E-state index in [-0.39, 0.29) is 23.7 Å². The summed E-state index contributed by atoms with van der Waals surface area (Å²) in [6, 6.07) is 12.3. The number of carbonyl (C=O) groups excluding carboxylic acids is 2. The Balaban J connectivity index is 1.42. The second-order valence-electron chi connectivity index (χ2n) is 8.43. The van der Waals surface area contributed by atoms with Crippen LogP contribution >= 0.6 is 23.5 Å². The van der Waals surface area contributed by atoms with Gasteiger partial charge in [-0.1, -0.05) is 31.4 Å². The number of nitrogens with one attached hydrogen (secondary N) is 1. The normalized spacial score (nSPS) is 18.6. The van der Waals surface area contributed by atoms with Gasteiger partial charge in [-0.25, -0.2) is 4.39 Å². The van der Waals surface area contributed by atoms with Crippen LogP contribution in [0.15, 0.2) is 52.3 Å². The molecule has 1 unspecified atom stereocenters. The van der Waals surface area contributed by atoms with E-state index in [0.29, 0.717) is 17.4 Å². The highest BCUT2D eigenvalue weighted by atomic mass is 32.2. The van der Waals surface area contributed by atoms with Gasteiger partial charge in [0.25, 0.3) is 5.91 Å². The second-order valence-corrected chi connectivity index (χ2v) is 10.6. The Kier molecular flexibility index (Phi) is 7.79. The molecule has 1 fully saturated rings. The van der Waals surface area contributed by atoms with Gasteiger partial charge in [-0.05, 0) is 55.2 Å². The number of benzene rings is 2. The Labute approximate surface area is 197 Å². The average molecular weight is 473 g/mol. The van der Waals surface area contributed by atoms with E-state index in [1.54, 1.807) is 23.9 Å². The van der Waals surface area contributed by atoms with Crippen molar-refractivity contribution in [3.63, 3.8) is 0 Å². The molecular formula is C25H29FN2O2S2. The molecule has 170 valence electrons. The predicted molar refractivity (Wildman–Crippen MR) is 129 cm³/mol. The number of rotatable bonds is 6. The molecule has 1 saturated carbocycles. The second kappa shape index (κ2) is 10.8. The molecule has 2 aromatic rings. The minimum absolute atomic E-state index is 0.103. The van der Waals surface area contributed by atoms with Crippen molar-refractivity contribution >= 4 is 35.3 Å². The lowest BCUT2D eigenvalue weighted by Crippen LogP contribution is -2.39. The summed E-state index contributed by atoms with van der Waals surface area (Å²) < 4.78 is 13.8. The number of amides is 2.